The highest BCUT2D eigenvalue weighted by Crippen LogP contribution is 2.28. The molecular formula is C14H23N3O2S2. The van der Waals surface area contributed by atoms with Gasteiger partial charge < -0.3 is 10.2 Å². The molecule has 5 nitrogen and oxygen atoms in total. The normalized spacial score (nSPS) is 25.3. The van der Waals surface area contributed by atoms with Crippen LogP contribution in [0.2, 0.25) is 0 Å². The first kappa shape index (κ1) is 15.4. The molecule has 3 rings (SSSR count). The fourth-order valence-corrected chi connectivity index (χ4v) is 5.80. The summed E-state index contributed by atoms with van der Waals surface area (Å²) in [5.41, 5.74) is 0. The molecule has 118 valence electrons. The van der Waals surface area contributed by atoms with Gasteiger partial charge in [0.2, 0.25) is 10.0 Å². The molecule has 1 aromatic rings. The summed E-state index contributed by atoms with van der Waals surface area (Å²) < 4.78 is 27.5. The fraction of sp³-hybridized carbons (Fsp3) is 0.714. The van der Waals surface area contributed by atoms with Gasteiger partial charge in [-0.05, 0) is 38.3 Å². The minimum absolute atomic E-state index is 0.0258. The van der Waals surface area contributed by atoms with Crippen LogP contribution in [0.3, 0.4) is 0 Å². The lowest BCUT2D eigenvalue weighted by Crippen LogP contribution is -2.52. The number of thiophene rings is 1. The number of hydrogen-bond donors (Lipinski definition) is 1. The van der Waals surface area contributed by atoms with Gasteiger partial charge in [0.1, 0.15) is 0 Å². The molecule has 0 spiro atoms. The van der Waals surface area contributed by atoms with Crippen LogP contribution in [0.15, 0.2) is 16.3 Å². The van der Waals surface area contributed by atoms with Crippen molar-refractivity contribution in [3.8, 4) is 0 Å². The second-order valence-corrected chi connectivity index (χ2v) is 8.95. The van der Waals surface area contributed by atoms with Crippen molar-refractivity contribution in [3.63, 3.8) is 0 Å². The van der Waals surface area contributed by atoms with Gasteiger partial charge in [0.15, 0.2) is 0 Å². The third kappa shape index (κ3) is 3.32. The number of likely N-dealkylation sites (N-methyl/N-ethyl adjacent to an activating group) is 1. The Balaban J connectivity index is 1.79. The average Bonchev–Trinajstić information content (AvgIpc) is 3.12. The van der Waals surface area contributed by atoms with E-state index in [9.17, 15) is 8.42 Å². The summed E-state index contributed by atoms with van der Waals surface area (Å²) in [5.74, 6) is 0. The molecule has 1 saturated carbocycles. The topological polar surface area (TPSA) is 52.7 Å². The van der Waals surface area contributed by atoms with Crippen LogP contribution in [0.4, 0.5) is 0 Å². The van der Waals surface area contributed by atoms with E-state index in [0.29, 0.717) is 24.0 Å². The van der Waals surface area contributed by atoms with Crippen LogP contribution >= 0.6 is 11.3 Å². The van der Waals surface area contributed by atoms with Crippen LogP contribution in [-0.4, -0.2) is 56.4 Å². The molecule has 0 amide bonds. The van der Waals surface area contributed by atoms with Gasteiger partial charge in [0.25, 0.3) is 0 Å². The average molecular weight is 329 g/mol. The quantitative estimate of drug-likeness (QED) is 0.885. The Kier molecular flexibility index (Phi) is 4.38. The second kappa shape index (κ2) is 5.96. The fourth-order valence-electron chi connectivity index (χ4n) is 2.82. The van der Waals surface area contributed by atoms with Crippen molar-refractivity contribution in [1.82, 2.24) is 14.5 Å². The highest BCUT2D eigenvalue weighted by Gasteiger charge is 2.34. The van der Waals surface area contributed by atoms with Crippen molar-refractivity contribution >= 4 is 21.4 Å². The molecule has 2 aliphatic rings. The summed E-state index contributed by atoms with van der Waals surface area (Å²) in [6.07, 6.45) is 2.42. The van der Waals surface area contributed by atoms with Gasteiger partial charge in [0, 0.05) is 43.1 Å². The van der Waals surface area contributed by atoms with Crippen LogP contribution in [0.25, 0.3) is 0 Å². The van der Waals surface area contributed by atoms with Crippen LogP contribution < -0.4 is 5.32 Å². The largest absolute Gasteiger partial charge is 0.309 e. The van der Waals surface area contributed by atoms with Gasteiger partial charge >= 0.3 is 0 Å². The minimum atomic E-state index is -3.37. The van der Waals surface area contributed by atoms with E-state index in [4.69, 9.17) is 0 Å². The molecule has 1 N–H and O–H groups in total. The molecule has 0 bridgehead atoms. The Labute approximate surface area is 131 Å². The molecule has 1 unspecified atom stereocenters. The van der Waals surface area contributed by atoms with Gasteiger partial charge in [-0.25, -0.2) is 8.42 Å². The van der Waals surface area contributed by atoms with Gasteiger partial charge in [-0.15, -0.1) is 11.3 Å². The molecule has 21 heavy (non-hydrogen) atoms. The molecule has 7 heteroatoms. The first-order valence-corrected chi connectivity index (χ1v) is 9.80. The van der Waals surface area contributed by atoms with Gasteiger partial charge in [0.05, 0.1) is 4.90 Å². The smallest absolute Gasteiger partial charge is 0.244 e. The highest BCUT2D eigenvalue weighted by atomic mass is 32.2. The summed E-state index contributed by atoms with van der Waals surface area (Å²) >= 11 is 1.53. The SMILES string of the molecule is CC1CN(C)CCN1S(=O)(=O)c1ccsc1CNC1CC1. The van der Waals surface area contributed by atoms with Crippen molar-refractivity contribution in [1.29, 1.82) is 0 Å². The van der Waals surface area contributed by atoms with E-state index in [2.05, 4.69) is 10.2 Å². The predicted octanol–water partition coefficient (Wildman–Crippen LogP) is 1.32. The second-order valence-electron chi connectivity index (χ2n) is 6.09. The molecule has 1 aliphatic carbocycles. The summed E-state index contributed by atoms with van der Waals surface area (Å²) in [6.45, 7) is 4.81. The third-order valence-corrected chi connectivity index (χ3v) is 7.34. The van der Waals surface area contributed by atoms with E-state index < -0.39 is 10.0 Å². The molecule has 1 saturated heterocycles. The Morgan fingerprint density at radius 1 is 1.38 bits per heavy atom. The lowest BCUT2D eigenvalue weighted by molar-refractivity contribution is 0.170. The van der Waals surface area contributed by atoms with E-state index in [1.54, 1.807) is 10.4 Å². The predicted molar refractivity (Wildman–Crippen MR) is 85.0 cm³/mol. The Hall–Kier alpha value is -0.470. The highest BCUT2D eigenvalue weighted by molar-refractivity contribution is 7.89. The maximum atomic E-state index is 12.9. The van der Waals surface area contributed by atoms with E-state index in [1.807, 2.05) is 19.4 Å². The van der Waals surface area contributed by atoms with E-state index >= 15 is 0 Å². The van der Waals surface area contributed by atoms with Crippen molar-refractivity contribution in [3.05, 3.63) is 16.3 Å². The van der Waals surface area contributed by atoms with Gasteiger partial charge in [-0.2, -0.15) is 4.31 Å². The molecule has 1 aliphatic heterocycles. The Morgan fingerprint density at radius 3 is 2.81 bits per heavy atom. The molecule has 0 aromatic carbocycles. The Morgan fingerprint density at radius 2 is 2.14 bits per heavy atom. The summed E-state index contributed by atoms with van der Waals surface area (Å²) in [6, 6.07) is 2.37. The molecule has 2 heterocycles. The van der Waals surface area contributed by atoms with Crippen LogP contribution in [0.1, 0.15) is 24.6 Å². The number of rotatable bonds is 5. The zero-order valence-corrected chi connectivity index (χ0v) is 14.2. The molecular weight excluding hydrogens is 306 g/mol. The summed E-state index contributed by atoms with van der Waals surface area (Å²) in [7, 11) is -1.33. The van der Waals surface area contributed by atoms with Crippen LogP contribution in [-0.2, 0) is 16.6 Å². The number of piperazine rings is 1. The van der Waals surface area contributed by atoms with E-state index in [1.165, 1.54) is 24.2 Å². The van der Waals surface area contributed by atoms with E-state index in [0.717, 1.165) is 18.0 Å². The number of hydrogen-bond acceptors (Lipinski definition) is 5. The first-order chi connectivity index (χ1) is 9.98. The first-order valence-electron chi connectivity index (χ1n) is 7.48. The molecule has 1 aromatic heterocycles. The van der Waals surface area contributed by atoms with Crippen molar-refractivity contribution in [2.45, 2.75) is 43.3 Å². The Bertz CT molecular complexity index is 595. The lowest BCUT2D eigenvalue weighted by atomic mass is 10.2. The summed E-state index contributed by atoms with van der Waals surface area (Å²) in [5, 5.41) is 5.30. The maximum Gasteiger partial charge on any atom is 0.244 e. The van der Waals surface area contributed by atoms with E-state index in [-0.39, 0.29) is 6.04 Å². The molecule has 1 atom stereocenters. The molecule has 0 radical (unpaired) electrons. The zero-order valence-electron chi connectivity index (χ0n) is 12.6. The van der Waals surface area contributed by atoms with Gasteiger partial charge in [-0.1, -0.05) is 0 Å². The minimum Gasteiger partial charge on any atom is -0.309 e. The number of sulfonamides is 1. The zero-order chi connectivity index (χ0) is 15.0. The van der Waals surface area contributed by atoms with Crippen molar-refractivity contribution in [2.75, 3.05) is 26.7 Å². The number of nitrogens with zero attached hydrogens (tertiary/aromatic N) is 2. The standard InChI is InChI=1S/C14H23N3O2S2/c1-11-10-16(2)6-7-17(11)21(18,19)14-5-8-20-13(14)9-15-12-3-4-12/h5,8,11-12,15H,3-4,6-7,9-10H2,1-2H3. The maximum absolute atomic E-state index is 12.9. The lowest BCUT2D eigenvalue weighted by Gasteiger charge is -2.37. The monoisotopic (exact) mass is 329 g/mol. The third-order valence-electron chi connectivity index (χ3n) is 4.19. The molecule has 2 fully saturated rings. The van der Waals surface area contributed by atoms with Crippen molar-refractivity contribution in [2.24, 2.45) is 0 Å². The van der Waals surface area contributed by atoms with Gasteiger partial charge in [-0.3, -0.25) is 0 Å². The van der Waals surface area contributed by atoms with Crippen LogP contribution in [0, 0.1) is 0 Å². The summed E-state index contributed by atoms with van der Waals surface area (Å²) in [4.78, 5) is 3.62. The number of nitrogens with one attached hydrogen (secondary N) is 1. The van der Waals surface area contributed by atoms with Crippen LogP contribution in [0.5, 0.6) is 0 Å². The van der Waals surface area contributed by atoms with Crippen molar-refractivity contribution < 1.29 is 8.42 Å².